The third-order valence-electron chi connectivity index (χ3n) is 5.32. The summed E-state index contributed by atoms with van der Waals surface area (Å²) >= 11 is 1.17. The Morgan fingerprint density at radius 2 is 1.86 bits per heavy atom. The molecule has 11 heteroatoms. The summed E-state index contributed by atoms with van der Waals surface area (Å²) in [7, 11) is 0. The highest BCUT2D eigenvalue weighted by Gasteiger charge is 2.20. The minimum Gasteiger partial charge on any atom is -0.494 e. The Hall–Kier alpha value is -3.57. The number of hydrogen-bond donors (Lipinski definition) is 3. The first-order valence-corrected chi connectivity index (χ1v) is 12.3. The lowest BCUT2D eigenvalue weighted by atomic mass is 10.2. The molecule has 4 rings (SSSR count). The average molecular weight is 498 g/mol. The van der Waals surface area contributed by atoms with E-state index in [0.29, 0.717) is 41.9 Å². The number of carbonyl (C=O) groups is 2. The Bertz CT molecular complexity index is 1200. The fourth-order valence-electron chi connectivity index (χ4n) is 3.60. The number of rotatable bonds is 10. The average Bonchev–Trinajstić information content (AvgIpc) is 3.50. The van der Waals surface area contributed by atoms with Gasteiger partial charge in [-0.2, -0.15) is 0 Å². The molecule has 10 nitrogen and oxygen atoms in total. The summed E-state index contributed by atoms with van der Waals surface area (Å²) in [4.78, 5) is 37.0. The molecule has 3 aromatic rings. The predicted molar refractivity (Wildman–Crippen MR) is 133 cm³/mol. The number of aromatic amines is 1. The highest BCUT2D eigenvalue weighted by atomic mass is 32.2. The molecule has 0 aliphatic carbocycles. The first-order chi connectivity index (χ1) is 17.0. The van der Waals surface area contributed by atoms with E-state index in [0.717, 1.165) is 18.6 Å². The second kappa shape index (κ2) is 11.7. The first-order valence-electron chi connectivity index (χ1n) is 11.4. The predicted octanol–water partition coefficient (Wildman–Crippen LogP) is 3.13. The molecule has 0 radical (unpaired) electrons. The van der Waals surface area contributed by atoms with Crippen molar-refractivity contribution < 1.29 is 19.1 Å². The topological polar surface area (TPSA) is 127 Å². The number of anilines is 2. The molecule has 0 bridgehead atoms. The number of aromatic nitrogens is 3. The van der Waals surface area contributed by atoms with Crippen molar-refractivity contribution in [2.75, 3.05) is 29.6 Å². The van der Waals surface area contributed by atoms with Gasteiger partial charge in [-0.3, -0.25) is 14.2 Å². The van der Waals surface area contributed by atoms with E-state index in [4.69, 9.17) is 9.47 Å². The van der Waals surface area contributed by atoms with Crippen molar-refractivity contribution >= 4 is 35.0 Å². The number of H-pyrrole nitrogens is 1. The van der Waals surface area contributed by atoms with Crippen molar-refractivity contribution in [2.24, 2.45) is 0 Å². The van der Waals surface area contributed by atoms with Gasteiger partial charge in [-0.15, -0.1) is 5.10 Å². The van der Waals surface area contributed by atoms with Crippen LogP contribution < -0.4 is 21.1 Å². The van der Waals surface area contributed by atoms with Crippen LogP contribution in [-0.2, 0) is 16.1 Å². The maximum absolute atomic E-state index is 12.5. The molecule has 184 valence electrons. The fraction of sp³-hybridized carbons (Fsp3) is 0.333. The maximum atomic E-state index is 12.5. The van der Waals surface area contributed by atoms with Crippen molar-refractivity contribution in [3.8, 4) is 5.75 Å². The molecule has 1 aliphatic heterocycles. The summed E-state index contributed by atoms with van der Waals surface area (Å²) in [5, 5.41) is 12.5. The summed E-state index contributed by atoms with van der Waals surface area (Å²) in [6, 6.07) is 13.7. The van der Waals surface area contributed by atoms with Gasteiger partial charge in [0.2, 0.25) is 5.91 Å². The van der Waals surface area contributed by atoms with E-state index in [1.165, 1.54) is 16.3 Å². The van der Waals surface area contributed by atoms with Crippen LogP contribution in [0, 0.1) is 0 Å². The molecule has 1 unspecified atom stereocenters. The zero-order valence-electron chi connectivity index (χ0n) is 19.3. The molecular formula is C24H27N5O5S. The molecule has 1 aliphatic rings. The summed E-state index contributed by atoms with van der Waals surface area (Å²) in [6.07, 6.45) is 1.87. The van der Waals surface area contributed by atoms with Gasteiger partial charge in [0.05, 0.1) is 25.0 Å². The molecule has 2 heterocycles. The van der Waals surface area contributed by atoms with Gasteiger partial charge in [0.15, 0.2) is 5.16 Å². The molecule has 1 fully saturated rings. The molecule has 2 aromatic carbocycles. The standard InChI is InChI=1S/C24H27N5O5S/c1-2-33-19-11-9-18(10-12-19)26-22(31)16-5-7-17(8-6-16)25-21(30)15-35-24-28-27-23(32)29(24)14-20-4-3-13-34-20/h5-12,20H,2-4,13-15H2,1H3,(H,25,30)(H,26,31)(H,27,32). The molecule has 2 amide bonds. The number of amides is 2. The van der Waals surface area contributed by atoms with Crippen molar-refractivity contribution in [2.45, 2.75) is 37.6 Å². The number of nitrogens with zero attached hydrogens (tertiary/aromatic N) is 2. The minimum absolute atomic E-state index is 0.0105. The minimum atomic E-state index is -0.317. The monoisotopic (exact) mass is 497 g/mol. The number of thioether (sulfide) groups is 1. The lowest BCUT2D eigenvalue weighted by molar-refractivity contribution is -0.113. The normalized spacial score (nSPS) is 15.1. The second-order valence-electron chi connectivity index (χ2n) is 7.88. The van der Waals surface area contributed by atoms with Crippen molar-refractivity contribution in [1.29, 1.82) is 0 Å². The number of benzene rings is 2. The summed E-state index contributed by atoms with van der Waals surface area (Å²) in [6.45, 7) is 3.60. The van der Waals surface area contributed by atoms with E-state index in [-0.39, 0.29) is 29.4 Å². The third kappa shape index (κ3) is 6.74. The highest BCUT2D eigenvalue weighted by molar-refractivity contribution is 7.99. The van der Waals surface area contributed by atoms with Gasteiger partial charge in [0.1, 0.15) is 5.75 Å². The van der Waals surface area contributed by atoms with Gasteiger partial charge in [0.25, 0.3) is 5.91 Å². The zero-order chi connectivity index (χ0) is 24.6. The Labute approximate surface area is 206 Å². The van der Waals surface area contributed by atoms with E-state index < -0.39 is 0 Å². The van der Waals surface area contributed by atoms with E-state index in [1.807, 2.05) is 6.92 Å². The van der Waals surface area contributed by atoms with E-state index in [1.54, 1.807) is 48.5 Å². The third-order valence-corrected chi connectivity index (χ3v) is 6.30. The second-order valence-corrected chi connectivity index (χ2v) is 8.83. The van der Waals surface area contributed by atoms with Gasteiger partial charge < -0.3 is 20.1 Å². The summed E-state index contributed by atoms with van der Waals surface area (Å²) in [5.41, 5.74) is 1.36. The van der Waals surface area contributed by atoms with Gasteiger partial charge in [-0.1, -0.05) is 11.8 Å². The molecule has 35 heavy (non-hydrogen) atoms. The molecule has 0 saturated carbocycles. The Balaban J connectivity index is 1.27. The molecule has 3 N–H and O–H groups in total. The molecule has 0 spiro atoms. The van der Waals surface area contributed by atoms with Crippen LogP contribution in [0.4, 0.5) is 11.4 Å². The Morgan fingerprint density at radius 1 is 1.14 bits per heavy atom. The van der Waals surface area contributed by atoms with Crippen LogP contribution in [0.3, 0.4) is 0 Å². The molecule has 1 atom stereocenters. The van der Waals surface area contributed by atoms with Gasteiger partial charge in [-0.25, -0.2) is 9.89 Å². The lowest BCUT2D eigenvalue weighted by Gasteiger charge is -2.11. The van der Waals surface area contributed by atoms with Gasteiger partial charge >= 0.3 is 5.69 Å². The van der Waals surface area contributed by atoms with Crippen LogP contribution in [0.5, 0.6) is 5.75 Å². The number of hydrogen-bond acceptors (Lipinski definition) is 7. The first kappa shape index (κ1) is 24.6. The van der Waals surface area contributed by atoms with Gasteiger partial charge in [-0.05, 0) is 68.3 Å². The zero-order valence-corrected chi connectivity index (χ0v) is 20.1. The molecular weight excluding hydrogens is 470 g/mol. The lowest BCUT2D eigenvalue weighted by Crippen LogP contribution is -2.25. The van der Waals surface area contributed by atoms with E-state index in [9.17, 15) is 14.4 Å². The summed E-state index contributed by atoms with van der Waals surface area (Å²) < 4.78 is 12.5. The highest BCUT2D eigenvalue weighted by Crippen LogP contribution is 2.20. The molecule has 1 saturated heterocycles. The number of carbonyl (C=O) groups excluding carboxylic acids is 2. The van der Waals surface area contributed by atoms with Crippen LogP contribution in [0.2, 0.25) is 0 Å². The van der Waals surface area contributed by atoms with Crippen LogP contribution in [0.15, 0.2) is 58.5 Å². The van der Waals surface area contributed by atoms with Gasteiger partial charge in [0, 0.05) is 23.5 Å². The SMILES string of the molecule is CCOc1ccc(NC(=O)c2ccc(NC(=O)CSc3n[nH]c(=O)n3CC3CCCO3)cc2)cc1. The van der Waals surface area contributed by atoms with Crippen LogP contribution in [-0.4, -0.2) is 51.6 Å². The smallest absolute Gasteiger partial charge is 0.344 e. The van der Waals surface area contributed by atoms with Crippen molar-refractivity contribution in [1.82, 2.24) is 14.8 Å². The van der Waals surface area contributed by atoms with Crippen molar-refractivity contribution in [3.05, 3.63) is 64.6 Å². The van der Waals surface area contributed by atoms with Crippen LogP contribution in [0.1, 0.15) is 30.1 Å². The number of ether oxygens (including phenoxy) is 2. The quantitative estimate of drug-likeness (QED) is 0.367. The Morgan fingerprint density at radius 3 is 2.54 bits per heavy atom. The van der Waals surface area contributed by atoms with E-state index in [2.05, 4.69) is 20.8 Å². The number of nitrogens with one attached hydrogen (secondary N) is 3. The van der Waals surface area contributed by atoms with Crippen LogP contribution in [0.25, 0.3) is 0 Å². The van der Waals surface area contributed by atoms with Crippen molar-refractivity contribution in [3.63, 3.8) is 0 Å². The maximum Gasteiger partial charge on any atom is 0.344 e. The molecule has 1 aromatic heterocycles. The largest absolute Gasteiger partial charge is 0.494 e. The van der Waals surface area contributed by atoms with Crippen LogP contribution >= 0.6 is 11.8 Å². The summed E-state index contributed by atoms with van der Waals surface area (Å²) in [5.74, 6) is 0.309. The fourth-order valence-corrected chi connectivity index (χ4v) is 4.36. The van der Waals surface area contributed by atoms with E-state index >= 15 is 0 Å². The Kier molecular flexibility index (Phi) is 8.22.